The van der Waals surface area contributed by atoms with E-state index in [1.165, 1.54) is 44.5 Å². The fraction of sp³-hybridized carbons (Fsp3) is 0.0400. The topological polar surface area (TPSA) is 52.0 Å². The molecule has 2 aliphatic rings. The lowest BCUT2D eigenvalue weighted by Crippen LogP contribution is -2.26. The minimum absolute atomic E-state index is 0.415. The molecule has 0 saturated carbocycles. The Bertz CT molecular complexity index is 1250. The van der Waals surface area contributed by atoms with Crippen LogP contribution in [-0.4, -0.2) is 0 Å². The van der Waals surface area contributed by atoms with E-state index in [2.05, 4.69) is 105 Å². The van der Waals surface area contributed by atoms with Gasteiger partial charge < -0.3 is 11.5 Å². The van der Waals surface area contributed by atoms with E-state index in [1.54, 1.807) is 0 Å². The minimum Gasteiger partial charge on any atom is -0.398 e. The summed E-state index contributed by atoms with van der Waals surface area (Å²) >= 11 is 7.26. The minimum atomic E-state index is -0.415. The smallest absolute Gasteiger partial charge is 0.0727 e. The number of benzene rings is 4. The summed E-state index contributed by atoms with van der Waals surface area (Å²) in [5.41, 5.74) is 23.8. The highest BCUT2D eigenvalue weighted by molar-refractivity contribution is 9.11. The van der Waals surface area contributed by atoms with Crippen molar-refractivity contribution < 1.29 is 0 Å². The molecule has 6 rings (SSSR count). The van der Waals surface area contributed by atoms with Crippen molar-refractivity contribution in [2.75, 3.05) is 11.5 Å². The first kappa shape index (κ1) is 17.3. The summed E-state index contributed by atoms with van der Waals surface area (Å²) in [5.74, 6) is 0. The molecular weight excluding hydrogens is 488 g/mol. The number of nitrogen functional groups attached to an aromatic ring is 2. The van der Waals surface area contributed by atoms with Crippen molar-refractivity contribution in [1.29, 1.82) is 0 Å². The molecule has 140 valence electrons. The van der Waals surface area contributed by atoms with Gasteiger partial charge in [0.15, 0.2) is 0 Å². The van der Waals surface area contributed by atoms with Crippen molar-refractivity contribution in [3.8, 4) is 22.3 Å². The third-order valence-corrected chi connectivity index (χ3v) is 7.70. The van der Waals surface area contributed by atoms with Crippen molar-refractivity contribution in [2.24, 2.45) is 0 Å². The van der Waals surface area contributed by atoms with Crippen LogP contribution in [0.15, 0.2) is 81.7 Å². The number of nitrogens with two attached hydrogens (primary N) is 2. The predicted octanol–water partition coefficient (Wildman–Crippen LogP) is 6.72. The molecule has 0 saturated heterocycles. The number of anilines is 2. The molecule has 4 aromatic rings. The lowest BCUT2D eigenvalue weighted by Gasteiger charge is -2.30. The summed E-state index contributed by atoms with van der Waals surface area (Å²) in [6, 6.07) is 25.9. The van der Waals surface area contributed by atoms with Crippen LogP contribution < -0.4 is 11.5 Å². The third-order valence-electron chi connectivity index (χ3n) is 6.32. The van der Waals surface area contributed by atoms with E-state index in [-0.39, 0.29) is 0 Å². The number of hydrogen-bond acceptors (Lipinski definition) is 2. The Labute approximate surface area is 185 Å². The van der Waals surface area contributed by atoms with Gasteiger partial charge >= 0.3 is 0 Å². The van der Waals surface area contributed by atoms with Gasteiger partial charge in [-0.3, -0.25) is 0 Å². The standard InChI is InChI=1S/C25H16Br2N2/c26-21-9-15-13-5-1-3-7-17(13)25(19(15)11-23(21)28)18-8-4-2-6-14(18)16-10-22(27)24(29)12-20(16)25/h1-12H,28-29H2. The summed E-state index contributed by atoms with van der Waals surface area (Å²) in [4.78, 5) is 0. The highest BCUT2D eigenvalue weighted by Crippen LogP contribution is 2.63. The summed E-state index contributed by atoms with van der Waals surface area (Å²) in [5, 5.41) is 0. The average molecular weight is 504 g/mol. The molecule has 0 unspecified atom stereocenters. The normalized spacial score (nSPS) is 14.4. The first-order valence-corrected chi connectivity index (χ1v) is 11.0. The van der Waals surface area contributed by atoms with Crippen LogP contribution in [0.4, 0.5) is 11.4 Å². The Morgan fingerprint density at radius 2 is 0.931 bits per heavy atom. The molecule has 0 amide bonds. The van der Waals surface area contributed by atoms with Crippen molar-refractivity contribution in [3.05, 3.63) is 104 Å². The lowest BCUT2D eigenvalue weighted by molar-refractivity contribution is 0.794. The maximum atomic E-state index is 6.39. The third kappa shape index (κ3) is 2.01. The zero-order valence-electron chi connectivity index (χ0n) is 15.3. The highest BCUT2D eigenvalue weighted by atomic mass is 79.9. The molecule has 0 radical (unpaired) electrons. The zero-order chi connectivity index (χ0) is 19.9. The fourth-order valence-electron chi connectivity index (χ4n) is 5.21. The lowest BCUT2D eigenvalue weighted by atomic mass is 9.70. The molecular formula is C25H16Br2N2. The monoisotopic (exact) mass is 502 g/mol. The van der Waals surface area contributed by atoms with E-state index in [9.17, 15) is 0 Å². The van der Waals surface area contributed by atoms with Crippen molar-refractivity contribution >= 4 is 43.2 Å². The Kier molecular flexibility index (Phi) is 3.43. The van der Waals surface area contributed by atoms with Gasteiger partial charge in [0.1, 0.15) is 0 Å². The van der Waals surface area contributed by atoms with Gasteiger partial charge in [0.25, 0.3) is 0 Å². The molecule has 0 aliphatic heterocycles. The maximum absolute atomic E-state index is 6.39. The van der Waals surface area contributed by atoms with Gasteiger partial charge in [0.05, 0.1) is 5.41 Å². The second-order valence-corrected chi connectivity index (χ2v) is 9.39. The van der Waals surface area contributed by atoms with Gasteiger partial charge in [-0.15, -0.1) is 0 Å². The van der Waals surface area contributed by atoms with E-state index >= 15 is 0 Å². The Morgan fingerprint density at radius 3 is 1.38 bits per heavy atom. The highest BCUT2D eigenvalue weighted by Gasteiger charge is 2.52. The predicted molar refractivity (Wildman–Crippen MR) is 127 cm³/mol. The van der Waals surface area contributed by atoms with Crippen LogP contribution in [0.2, 0.25) is 0 Å². The molecule has 2 aliphatic carbocycles. The number of halogens is 2. The molecule has 0 atom stereocenters. The largest absolute Gasteiger partial charge is 0.398 e. The van der Waals surface area contributed by atoms with E-state index < -0.39 is 5.41 Å². The van der Waals surface area contributed by atoms with Crippen LogP contribution in [0.5, 0.6) is 0 Å². The quantitative estimate of drug-likeness (QED) is 0.226. The molecule has 2 nitrogen and oxygen atoms in total. The molecule has 4 aromatic carbocycles. The van der Waals surface area contributed by atoms with Crippen molar-refractivity contribution in [2.45, 2.75) is 5.41 Å². The Balaban J connectivity index is 1.87. The van der Waals surface area contributed by atoms with Crippen molar-refractivity contribution in [1.82, 2.24) is 0 Å². The van der Waals surface area contributed by atoms with Crippen LogP contribution in [-0.2, 0) is 5.41 Å². The molecule has 4 N–H and O–H groups in total. The van der Waals surface area contributed by atoms with Gasteiger partial charge in [-0.25, -0.2) is 0 Å². The van der Waals surface area contributed by atoms with Crippen LogP contribution in [0.1, 0.15) is 22.3 Å². The molecule has 0 heterocycles. The SMILES string of the molecule is Nc1cc2c(cc1Br)-c1ccccc1C21c2ccccc2-c2cc(Br)c(N)cc21. The summed E-state index contributed by atoms with van der Waals surface area (Å²) in [7, 11) is 0. The van der Waals surface area contributed by atoms with Gasteiger partial charge in [0, 0.05) is 20.3 Å². The molecule has 1 spiro atoms. The van der Waals surface area contributed by atoms with Crippen LogP contribution in [0, 0.1) is 0 Å². The van der Waals surface area contributed by atoms with Crippen molar-refractivity contribution in [3.63, 3.8) is 0 Å². The number of rotatable bonds is 0. The van der Waals surface area contributed by atoms with Gasteiger partial charge in [-0.05, 0) is 101 Å². The van der Waals surface area contributed by atoms with E-state index in [4.69, 9.17) is 11.5 Å². The van der Waals surface area contributed by atoms with Crippen LogP contribution >= 0.6 is 31.9 Å². The second-order valence-electron chi connectivity index (χ2n) is 7.68. The molecule has 0 bridgehead atoms. The number of fused-ring (bicyclic) bond motifs is 10. The van der Waals surface area contributed by atoms with Crippen LogP contribution in [0.3, 0.4) is 0 Å². The zero-order valence-corrected chi connectivity index (χ0v) is 18.5. The molecule has 29 heavy (non-hydrogen) atoms. The summed E-state index contributed by atoms with van der Waals surface area (Å²) in [6.07, 6.45) is 0. The fourth-order valence-corrected chi connectivity index (χ4v) is 5.89. The van der Waals surface area contributed by atoms with E-state index in [1.807, 2.05) is 0 Å². The number of hydrogen-bond donors (Lipinski definition) is 2. The van der Waals surface area contributed by atoms with Gasteiger partial charge in [0.2, 0.25) is 0 Å². The Morgan fingerprint density at radius 1 is 0.517 bits per heavy atom. The van der Waals surface area contributed by atoms with Crippen LogP contribution in [0.25, 0.3) is 22.3 Å². The molecule has 0 aromatic heterocycles. The Hall–Kier alpha value is -2.56. The van der Waals surface area contributed by atoms with Gasteiger partial charge in [-0.1, -0.05) is 48.5 Å². The first-order valence-electron chi connectivity index (χ1n) is 9.42. The average Bonchev–Trinajstić information content (AvgIpc) is 3.16. The maximum Gasteiger partial charge on any atom is 0.0727 e. The second kappa shape index (κ2) is 5.74. The van der Waals surface area contributed by atoms with E-state index in [0.717, 1.165) is 20.3 Å². The molecule has 4 heteroatoms. The molecule has 0 fully saturated rings. The summed E-state index contributed by atoms with van der Waals surface area (Å²) < 4.78 is 1.84. The van der Waals surface area contributed by atoms with Gasteiger partial charge in [-0.2, -0.15) is 0 Å². The summed E-state index contributed by atoms with van der Waals surface area (Å²) in [6.45, 7) is 0. The first-order chi connectivity index (χ1) is 14.0. The van der Waals surface area contributed by atoms with E-state index in [0.29, 0.717) is 0 Å².